The van der Waals surface area contributed by atoms with E-state index in [1.165, 1.54) is 0 Å². The van der Waals surface area contributed by atoms with Crippen LogP contribution in [0, 0.1) is 5.92 Å². The molecule has 0 fully saturated rings. The highest BCUT2D eigenvalue weighted by Gasteiger charge is 2.26. The monoisotopic (exact) mass is 436 g/mol. The molecule has 1 aromatic carbocycles. The van der Waals surface area contributed by atoms with Crippen molar-refractivity contribution in [3.63, 3.8) is 0 Å². The zero-order valence-electron chi connectivity index (χ0n) is 18.4. The number of benzene rings is 1. The molecular weight excluding hydrogens is 408 g/mol. The van der Waals surface area contributed by atoms with Crippen LogP contribution in [0.3, 0.4) is 0 Å². The first-order valence-corrected chi connectivity index (χ1v) is 10.8. The Bertz CT molecular complexity index is 1270. The van der Waals surface area contributed by atoms with E-state index in [2.05, 4.69) is 0 Å². The van der Waals surface area contributed by atoms with Crippen molar-refractivity contribution in [3.05, 3.63) is 51.3 Å². The predicted molar refractivity (Wildman–Crippen MR) is 125 cm³/mol. The summed E-state index contributed by atoms with van der Waals surface area (Å²) in [6.45, 7) is 2.69. The number of fused-ring (bicyclic) bond motifs is 4. The Morgan fingerprint density at radius 3 is 2.69 bits per heavy atom. The van der Waals surface area contributed by atoms with E-state index in [1.54, 1.807) is 23.8 Å². The van der Waals surface area contributed by atoms with Crippen LogP contribution in [0.25, 0.3) is 22.3 Å². The lowest BCUT2D eigenvalue weighted by Gasteiger charge is -2.15. The maximum absolute atomic E-state index is 13.4. The van der Waals surface area contributed by atoms with Gasteiger partial charge >= 0.3 is 5.97 Å². The van der Waals surface area contributed by atoms with Gasteiger partial charge in [-0.05, 0) is 49.1 Å². The van der Waals surface area contributed by atoms with Crippen LogP contribution < -0.4 is 17.0 Å². The van der Waals surface area contributed by atoms with E-state index in [9.17, 15) is 14.7 Å². The molecule has 1 atom stereocenters. The second-order valence-corrected chi connectivity index (χ2v) is 8.29. The molecule has 0 radical (unpaired) electrons. The number of methoxy groups -OCH3 is 1. The number of carboxylic acid groups (broad SMARTS) is 1. The molecule has 8 heteroatoms. The molecule has 0 spiro atoms. The SMILES string of the molecule is CCC(CCc1cc2n(c(=O)c1CCOC)Cc1cc3c(N)ccc(N)c3nc1-2)C(=O)O. The number of aryl methyl sites for hydroxylation is 1. The molecule has 1 aliphatic rings. The van der Waals surface area contributed by atoms with Crippen molar-refractivity contribution in [2.75, 3.05) is 25.2 Å². The van der Waals surface area contributed by atoms with Gasteiger partial charge in [0.15, 0.2) is 0 Å². The Kier molecular flexibility index (Phi) is 5.88. The van der Waals surface area contributed by atoms with Crippen molar-refractivity contribution < 1.29 is 14.6 Å². The minimum atomic E-state index is -0.810. The number of aromatic nitrogens is 2. The number of pyridine rings is 2. The molecule has 0 saturated carbocycles. The minimum absolute atomic E-state index is 0.0825. The van der Waals surface area contributed by atoms with Gasteiger partial charge in [0.25, 0.3) is 5.56 Å². The van der Waals surface area contributed by atoms with Crippen molar-refractivity contribution >= 4 is 28.2 Å². The summed E-state index contributed by atoms with van der Waals surface area (Å²) >= 11 is 0. The second kappa shape index (κ2) is 8.63. The molecule has 3 aromatic rings. The molecule has 0 aliphatic carbocycles. The third-order valence-corrected chi connectivity index (χ3v) is 6.35. The fourth-order valence-electron chi connectivity index (χ4n) is 4.48. The molecule has 168 valence electrons. The van der Waals surface area contributed by atoms with Crippen molar-refractivity contribution in [2.24, 2.45) is 5.92 Å². The number of hydrogen-bond donors (Lipinski definition) is 3. The zero-order valence-corrected chi connectivity index (χ0v) is 18.4. The Hall–Kier alpha value is -3.39. The number of nitrogens with zero attached hydrogens (tertiary/aromatic N) is 2. The highest BCUT2D eigenvalue weighted by molar-refractivity contribution is 5.99. The number of anilines is 2. The van der Waals surface area contributed by atoms with Gasteiger partial charge in [-0.15, -0.1) is 0 Å². The van der Waals surface area contributed by atoms with Crippen LogP contribution in [-0.4, -0.2) is 34.3 Å². The van der Waals surface area contributed by atoms with Gasteiger partial charge in [0.2, 0.25) is 0 Å². The Balaban J connectivity index is 1.84. The summed E-state index contributed by atoms with van der Waals surface area (Å²) in [4.78, 5) is 29.7. The van der Waals surface area contributed by atoms with Gasteiger partial charge in [-0.2, -0.15) is 0 Å². The Morgan fingerprint density at radius 1 is 1.25 bits per heavy atom. The molecule has 4 rings (SSSR count). The van der Waals surface area contributed by atoms with Gasteiger partial charge in [0.05, 0.1) is 41.7 Å². The van der Waals surface area contributed by atoms with Crippen LogP contribution in [0.4, 0.5) is 11.4 Å². The number of hydrogen-bond acceptors (Lipinski definition) is 6. The quantitative estimate of drug-likeness (QED) is 0.362. The third-order valence-electron chi connectivity index (χ3n) is 6.35. The van der Waals surface area contributed by atoms with Crippen molar-refractivity contribution in [1.29, 1.82) is 0 Å². The van der Waals surface area contributed by atoms with Crippen LogP contribution in [0.15, 0.2) is 29.1 Å². The number of aliphatic carboxylic acids is 1. The number of ether oxygens (including phenoxy) is 1. The summed E-state index contributed by atoms with van der Waals surface area (Å²) in [5.74, 6) is -1.26. The summed E-state index contributed by atoms with van der Waals surface area (Å²) in [7, 11) is 1.60. The summed E-state index contributed by atoms with van der Waals surface area (Å²) in [6, 6.07) is 7.43. The van der Waals surface area contributed by atoms with E-state index >= 15 is 0 Å². The maximum Gasteiger partial charge on any atom is 0.306 e. The van der Waals surface area contributed by atoms with Crippen LogP contribution >= 0.6 is 0 Å². The van der Waals surface area contributed by atoms with Crippen molar-refractivity contribution in [3.8, 4) is 11.4 Å². The average molecular weight is 437 g/mol. The molecule has 0 bridgehead atoms. The van der Waals surface area contributed by atoms with Crippen molar-refractivity contribution in [2.45, 2.75) is 39.2 Å². The van der Waals surface area contributed by atoms with Gasteiger partial charge in [-0.25, -0.2) is 4.98 Å². The molecule has 3 heterocycles. The largest absolute Gasteiger partial charge is 0.481 e. The lowest BCUT2D eigenvalue weighted by molar-refractivity contribution is -0.142. The number of carbonyl (C=O) groups is 1. The third kappa shape index (κ3) is 3.71. The van der Waals surface area contributed by atoms with Gasteiger partial charge in [-0.3, -0.25) is 9.59 Å². The van der Waals surface area contributed by atoms with Gasteiger partial charge in [-0.1, -0.05) is 6.92 Å². The van der Waals surface area contributed by atoms with Crippen LogP contribution in [0.5, 0.6) is 0 Å². The van der Waals surface area contributed by atoms with E-state index in [0.717, 1.165) is 27.9 Å². The van der Waals surface area contributed by atoms with Crippen LogP contribution in [0.2, 0.25) is 0 Å². The highest BCUT2D eigenvalue weighted by Crippen LogP contribution is 2.36. The first kappa shape index (κ1) is 21.8. The maximum atomic E-state index is 13.4. The lowest BCUT2D eigenvalue weighted by Crippen LogP contribution is -2.26. The number of rotatable bonds is 8. The van der Waals surface area contributed by atoms with E-state index < -0.39 is 11.9 Å². The second-order valence-electron chi connectivity index (χ2n) is 8.29. The smallest absolute Gasteiger partial charge is 0.306 e. The highest BCUT2D eigenvalue weighted by atomic mass is 16.5. The van der Waals surface area contributed by atoms with Crippen LogP contribution in [-0.2, 0) is 28.9 Å². The van der Waals surface area contributed by atoms with Crippen molar-refractivity contribution in [1.82, 2.24) is 9.55 Å². The topological polar surface area (TPSA) is 133 Å². The summed E-state index contributed by atoms with van der Waals surface area (Å²) in [5.41, 5.74) is 17.8. The fourth-order valence-corrected chi connectivity index (χ4v) is 4.48. The molecule has 1 unspecified atom stereocenters. The van der Waals surface area contributed by atoms with E-state index in [-0.39, 0.29) is 5.56 Å². The standard InChI is InChI=1S/C24H28N4O4/c1-3-13(24(30)31)4-5-14-11-20-21-15(12-28(20)23(29)16(14)8-9-32-2)10-17-18(25)6-7-19(26)22(17)27-21/h6-7,10-11,13H,3-5,8-9,12,25-26H2,1-2H3,(H,30,31). The van der Waals surface area contributed by atoms with Gasteiger partial charge in [0, 0.05) is 35.7 Å². The average Bonchev–Trinajstić information content (AvgIpc) is 3.13. The summed E-state index contributed by atoms with van der Waals surface area (Å²) < 4.78 is 6.95. The van der Waals surface area contributed by atoms with E-state index in [0.29, 0.717) is 61.3 Å². The summed E-state index contributed by atoms with van der Waals surface area (Å²) in [5, 5.41) is 10.2. The number of nitrogen functional groups attached to an aromatic ring is 2. The molecular formula is C24H28N4O4. The zero-order chi connectivity index (χ0) is 23.0. The molecule has 2 aromatic heterocycles. The van der Waals surface area contributed by atoms with E-state index in [1.807, 2.05) is 19.1 Å². The summed E-state index contributed by atoms with van der Waals surface area (Å²) in [6.07, 6.45) is 1.99. The first-order chi connectivity index (χ1) is 15.3. The lowest BCUT2D eigenvalue weighted by atomic mass is 9.94. The number of nitrogens with two attached hydrogens (primary N) is 2. The number of carboxylic acids is 1. The predicted octanol–water partition coefficient (Wildman–Crippen LogP) is 2.82. The Labute approximate surface area is 185 Å². The van der Waals surface area contributed by atoms with Crippen LogP contribution in [0.1, 0.15) is 36.5 Å². The molecule has 1 aliphatic heterocycles. The molecule has 0 saturated heterocycles. The normalized spacial score (nSPS) is 13.2. The molecule has 32 heavy (non-hydrogen) atoms. The molecule has 8 nitrogen and oxygen atoms in total. The Morgan fingerprint density at radius 2 is 2.00 bits per heavy atom. The van der Waals surface area contributed by atoms with Gasteiger partial charge in [0.1, 0.15) is 0 Å². The fraction of sp³-hybridized carbons (Fsp3) is 0.375. The first-order valence-electron chi connectivity index (χ1n) is 10.8. The van der Waals surface area contributed by atoms with E-state index in [4.69, 9.17) is 21.2 Å². The molecule has 5 N–H and O–H groups in total. The minimum Gasteiger partial charge on any atom is -0.481 e. The van der Waals surface area contributed by atoms with Gasteiger partial charge < -0.3 is 25.9 Å². The molecule has 0 amide bonds.